The Bertz CT molecular complexity index is 2690. The van der Waals surface area contributed by atoms with Crippen molar-refractivity contribution in [3.63, 3.8) is 0 Å². The summed E-state index contributed by atoms with van der Waals surface area (Å²) in [7, 11) is 0. The van der Waals surface area contributed by atoms with E-state index in [4.69, 9.17) is 4.74 Å². The first-order valence-corrected chi connectivity index (χ1v) is 25.1. The number of fused-ring (bicyclic) bond motifs is 6. The number of aromatic hydroxyl groups is 1. The van der Waals surface area contributed by atoms with Crippen LogP contribution in [0.2, 0.25) is 0 Å². The fourth-order valence-corrected chi connectivity index (χ4v) is 12.1. The Morgan fingerprint density at radius 2 is 1.77 bits per heavy atom. The molecule has 7 heterocycles. The summed E-state index contributed by atoms with van der Waals surface area (Å²) in [6, 6.07) is 12.4. The molecule has 2 unspecified atom stereocenters. The van der Waals surface area contributed by atoms with Gasteiger partial charge in [0.25, 0.3) is 5.91 Å². The quantitative estimate of drug-likeness (QED) is 0.120. The maximum absolute atomic E-state index is 15.1. The van der Waals surface area contributed by atoms with Gasteiger partial charge in [-0.25, -0.2) is 5.43 Å². The van der Waals surface area contributed by atoms with Gasteiger partial charge in [0.05, 0.1) is 35.6 Å². The molecule has 4 aromatic rings. The number of benzene rings is 2. The third-order valence-corrected chi connectivity index (χ3v) is 15.7. The Hall–Kier alpha value is -5.84. The smallest absolute Gasteiger partial charge is 0.324 e. The van der Waals surface area contributed by atoms with Gasteiger partial charge in [0, 0.05) is 73.8 Å². The number of amides is 4. The number of esters is 1. The predicted octanol–water partition coefficient (Wildman–Crippen LogP) is 4.78. The van der Waals surface area contributed by atoms with E-state index in [0.29, 0.717) is 82.6 Å². The van der Waals surface area contributed by atoms with E-state index in [0.717, 1.165) is 64.5 Å². The molecule has 5 aliphatic heterocycles. The van der Waals surface area contributed by atoms with Crippen molar-refractivity contribution < 1.29 is 38.9 Å². The van der Waals surface area contributed by atoms with Crippen LogP contribution in [0.3, 0.4) is 0 Å². The van der Waals surface area contributed by atoms with Gasteiger partial charge in [-0.2, -0.15) is 0 Å². The molecular weight excluding hydrogens is 877 g/mol. The number of hydrogen-bond acceptors (Lipinski definition) is 11. The number of cyclic esters (lactones) is 1. The summed E-state index contributed by atoms with van der Waals surface area (Å²) in [6.07, 6.45) is 6.85. The first-order chi connectivity index (χ1) is 33.1. The number of phenolic OH excluding ortho intramolecular Hbond substituents is 1. The highest BCUT2D eigenvalue weighted by atomic mass is 16.5. The molecular formula is C53H66N8O8. The van der Waals surface area contributed by atoms with Crippen LogP contribution in [0, 0.1) is 16.7 Å². The molecule has 4 saturated heterocycles. The van der Waals surface area contributed by atoms with Crippen LogP contribution < -0.4 is 16.1 Å². The number of carbonyl (C=O) groups excluding carboxylic acids is 5. The van der Waals surface area contributed by atoms with Crippen LogP contribution in [0.4, 0.5) is 0 Å². The molecule has 5 N–H and O–H groups in total. The lowest BCUT2D eigenvalue weighted by Crippen LogP contribution is -2.62. The number of likely N-dealkylation sites (tertiary alicyclic amines) is 2. The number of ether oxygens (including phenoxy) is 1. The summed E-state index contributed by atoms with van der Waals surface area (Å²) in [5.41, 5.74) is 8.28. The molecule has 6 atom stereocenters. The maximum Gasteiger partial charge on any atom is 0.324 e. The van der Waals surface area contributed by atoms with Crippen molar-refractivity contribution in [2.45, 2.75) is 129 Å². The van der Waals surface area contributed by atoms with E-state index in [9.17, 15) is 29.4 Å². The van der Waals surface area contributed by atoms with Crippen molar-refractivity contribution in [3.8, 4) is 28.1 Å². The van der Waals surface area contributed by atoms with Crippen molar-refractivity contribution in [2.24, 2.45) is 16.7 Å². The van der Waals surface area contributed by atoms with Crippen LogP contribution in [0.25, 0.3) is 33.3 Å². The largest absolute Gasteiger partial charge is 0.508 e. The second-order valence-corrected chi connectivity index (χ2v) is 21.3. The van der Waals surface area contributed by atoms with Gasteiger partial charge in [-0.15, -0.1) is 0 Å². The van der Waals surface area contributed by atoms with Crippen molar-refractivity contribution >= 4 is 40.5 Å². The normalized spacial score (nSPS) is 26.1. The minimum atomic E-state index is -1.13. The third-order valence-electron chi connectivity index (χ3n) is 15.7. The lowest BCUT2D eigenvalue weighted by atomic mass is 9.84. The van der Waals surface area contributed by atoms with Gasteiger partial charge < -0.3 is 40.0 Å². The highest BCUT2D eigenvalue weighted by Crippen LogP contribution is 2.45. The number of aryl methyl sites for hydroxylation is 1. The molecule has 10 rings (SSSR count). The third kappa shape index (κ3) is 8.99. The molecule has 1 spiro atoms. The minimum Gasteiger partial charge on any atom is -0.508 e. The van der Waals surface area contributed by atoms with Crippen molar-refractivity contribution in [1.82, 2.24) is 40.4 Å². The Labute approximate surface area is 403 Å². The maximum atomic E-state index is 15.1. The average molecular weight is 943 g/mol. The molecule has 1 saturated carbocycles. The number of hydrogen-bond donors (Lipinski definition) is 5. The molecule has 2 aromatic heterocycles. The lowest BCUT2D eigenvalue weighted by molar-refractivity contribution is -0.155. The minimum absolute atomic E-state index is 0.00288. The molecule has 16 nitrogen and oxygen atoms in total. The second-order valence-electron chi connectivity index (χ2n) is 21.3. The summed E-state index contributed by atoms with van der Waals surface area (Å²) in [4.78, 5) is 79.8. The van der Waals surface area contributed by atoms with Gasteiger partial charge in [0.1, 0.15) is 23.9 Å². The van der Waals surface area contributed by atoms with Gasteiger partial charge in [-0.1, -0.05) is 38.8 Å². The predicted molar refractivity (Wildman–Crippen MR) is 258 cm³/mol. The van der Waals surface area contributed by atoms with Gasteiger partial charge in [-0.05, 0) is 123 Å². The summed E-state index contributed by atoms with van der Waals surface area (Å²) in [5.74, 6) is -1.50. The topological polar surface area (TPSA) is 209 Å². The highest BCUT2D eigenvalue weighted by molar-refractivity contribution is 5.97. The molecule has 69 heavy (non-hydrogen) atoms. The summed E-state index contributed by atoms with van der Waals surface area (Å²) in [6.45, 7) is 10.8. The molecule has 6 aliphatic rings. The van der Waals surface area contributed by atoms with E-state index in [2.05, 4.69) is 58.5 Å². The number of carbonyl (C=O) groups is 5. The van der Waals surface area contributed by atoms with Crippen LogP contribution in [-0.4, -0.2) is 128 Å². The Morgan fingerprint density at radius 1 is 0.986 bits per heavy atom. The monoisotopic (exact) mass is 943 g/mol. The zero-order valence-corrected chi connectivity index (χ0v) is 40.3. The van der Waals surface area contributed by atoms with Crippen LogP contribution >= 0.6 is 0 Å². The number of nitrogens with zero attached hydrogens (tertiary/aromatic N) is 5. The van der Waals surface area contributed by atoms with Gasteiger partial charge in [0.2, 0.25) is 17.7 Å². The van der Waals surface area contributed by atoms with Crippen LogP contribution in [0.5, 0.6) is 5.75 Å². The second kappa shape index (κ2) is 18.5. The first kappa shape index (κ1) is 46.9. The number of pyridine rings is 1. The molecule has 16 heteroatoms. The number of phenols is 1. The van der Waals surface area contributed by atoms with Gasteiger partial charge >= 0.3 is 5.97 Å². The number of aromatic nitrogens is 2. The Kier molecular flexibility index (Phi) is 12.6. The highest BCUT2D eigenvalue weighted by Gasteiger charge is 2.56. The Morgan fingerprint density at radius 3 is 2.52 bits per heavy atom. The number of rotatable bonds is 8. The molecule has 0 radical (unpaired) electrons. The Balaban J connectivity index is 1.03. The molecule has 2 aromatic carbocycles. The van der Waals surface area contributed by atoms with E-state index in [-0.39, 0.29) is 42.6 Å². The van der Waals surface area contributed by atoms with E-state index < -0.39 is 52.8 Å². The van der Waals surface area contributed by atoms with E-state index in [1.165, 1.54) is 5.01 Å². The first-order valence-electron chi connectivity index (χ1n) is 25.1. The standard InChI is InChI=1S/C53H66N8O8/c1-5-59-43-15-14-34-26-38(43)39(46(59)37-12-8-18-54-44(37)31(2)62)27-52(3,4)30-69-50(67)40-13-9-19-61(57-40)49(66)41(24-32-22-35(34)25-36(63)23-32)56-47(64)45(33-10-6-7-11-33)60-21-17-53(51(60)68)16-20-58(29-53)48(65)42-28-55-42/h8,12,14-15,18,22-23,25-26,31,33,40-42,45,55,57,62-63H,5-7,9-11,13,16-17,19-21,24,27-30H2,1-4H3,(H,56,64)/t31-,40-,41-,42?,45?,53-/m0/s1. The summed E-state index contributed by atoms with van der Waals surface area (Å²) in [5, 5.41) is 31.0. The van der Waals surface area contributed by atoms with Gasteiger partial charge in [0.15, 0.2) is 0 Å². The molecule has 4 amide bonds. The van der Waals surface area contributed by atoms with E-state index in [1.807, 2.05) is 24.3 Å². The number of aliphatic hydroxyl groups excluding tert-OH is 1. The average Bonchev–Trinajstić information content (AvgIpc) is 3.59. The number of nitrogens with one attached hydrogen (secondary N) is 3. The van der Waals surface area contributed by atoms with Crippen molar-refractivity contribution in [1.29, 1.82) is 0 Å². The number of aliphatic hydroxyl groups is 1. The fraction of sp³-hybridized carbons (Fsp3) is 0.547. The molecule has 366 valence electrons. The van der Waals surface area contributed by atoms with Crippen LogP contribution in [-0.2, 0) is 48.1 Å². The van der Waals surface area contributed by atoms with E-state index in [1.54, 1.807) is 35.1 Å². The molecule has 5 fully saturated rings. The van der Waals surface area contributed by atoms with Crippen LogP contribution in [0.1, 0.15) is 102 Å². The zero-order chi connectivity index (χ0) is 48.4. The summed E-state index contributed by atoms with van der Waals surface area (Å²) >= 11 is 0. The molecule has 6 bridgehead atoms. The zero-order valence-electron chi connectivity index (χ0n) is 40.3. The van der Waals surface area contributed by atoms with Crippen LogP contribution in [0.15, 0.2) is 54.7 Å². The van der Waals surface area contributed by atoms with Gasteiger partial charge in [-0.3, -0.25) is 34.0 Å². The lowest BCUT2D eigenvalue weighted by Gasteiger charge is -2.37. The van der Waals surface area contributed by atoms with Crippen molar-refractivity contribution in [2.75, 3.05) is 39.3 Å². The SMILES string of the molecule is CCn1c(-c2cccnc2[C@H](C)O)c2c3cc(ccc31)-c1cc(O)cc(c1)C[C@H](NC(=O)C(C1CCCC1)N1CC[C@]3(CCN(C(=O)C4CN4)C3)C1=O)C(=O)N1CCC[C@H](N1)C(=O)OCC(C)(C)C2. The number of hydrazine groups is 1. The van der Waals surface area contributed by atoms with E-state index >= 15 is 4.79 Å². The summed E-state index contributed by atoms with van der Waals surface area (Å²) < 4.78 is 8.36. The van der Waals surface area contributed by atoms with Crippen molar-refractivity contribution in [3.05, 3.63) is 71.5 Å². The molecule has 1 aliphatic carbocycles. The fourth-order valence-electron chi connectivity index (χ4n) is 12.1.